The quantitative estimate of drug-likeness (QED) is 0.163. The number of anilines is 1. The fraction of sp³-hybridized carbons (Fsp3) is 0.0667. The summed E-state index contributed by atoms with van der Waals surface area (Å²) < 4.78 is 12.1. The van der Waals surface area contributed by atoms with Crippen LogP contribution in [0.3, 0.4) is 0 Å². The molecule has 0 aliphatic rings. The zero-order chi connectivity index (χ0) is 24.4. The van der Waals surface area contributed by atoms with Gasteiger partial charge in [-0.05, 0) is 23.3 Å². The van der Waals surface area contributed by atoms with Gasteiger partial charge in [0, 0.05) is 22.6 Å². The van der Waals surface area contributed by atoms with Crippen LogP contribution in [0.4, 0.5) is 5.13 Å². The third-order valence-corrected chi connectivity index (χ3v) is 6.09. The molecule has 0 bridgehead atoms. The number of ether oxygens (including phenoxy) is 2. The van der Waals surface area contributed by atoms with Gasteiger partial charge in [0.1, 0.15) is 24.7 Å². The smallest absolute Gasteiger partial charge is 0.203 e. The number of nitrogens with one attached hydrogen (secondary N) is 1. The number of aromatic nitrogens is 1. The molecule has 0 aliphatic carbocycles. The molecular formula is C30H25N3O2S. The Hall–Kier alpha value is -4.42. The molecule has 0 unspecified atom stereocenters. The Morgan fingerprint density at radius 2 is 1.28 bits per heavy atom. The summed E-state index contributed by atoms with van der Waals surface area (Å²) in [6.45, 7) is 0.943. The molecule has 0 fully saturated rings. The van der Waals surface area contributed by atoms with Gasteiger partial charge in [-0.3, -0.25) is 5.43 Å². The molecule has 1 heterocycles. The predicted molar refractivity (Wildman–Crippen MR) is 147 cm³/mol. The summed E-state index contributed by atoms with van der Waals surface area (Å²) >= 11 is 1.51. The van der Waals surface area contributed by atoms with Gasteiger partial charge >= 0.3 is 0 Å². The third-order valence-electron chi connectivity index (χ3n) is 5.35. The molecular weight excluding hydrogens is 466 g/mol. The van der Waals surface area contributed by atoms with Crippen LogP contribution in [-0.2, 0) is 13.2 Å². The second-order valence-corrected chi connectivity index (χ2v) is 8.92. The molecule has 4 aromatic carbocycles. The van der Waals surface area contributed by atoms with E-state index in [1.807, 2.05) is 115 Å². The Kier molecular flexibility index (Phi) is 7.66. The summed E-state index contributed by atoms with van der Waals surface area (Å²) in [6, 6.07) is 36.1. The summed E-state index contributed by atoms with van der Waals surface area (Å²) in [6.07, 6.45) is 1.74. The standard InChI is InChI=1S/C30H25N3O2S/c1-4-10-23(11-5-1)20-34-27-16-25(17-28(18-27)35-21-24-12-6-2-7-13-24)19-31-33-30-32-29(22-36-30)26-14-8-3-9-15-26/h1-19,22H,20-21H2,(H,32,33). The summed E-state index contributed by atoms with van der Waals surface area (Å²) in [5, 5.41) is 7.14. The number of nitrogens with zero attached hydrogens (tertiary/aromatic N) is 2. The SMILES string of the molecule is C(=NNc1nc(-c2ccccc2)cs1)c1cc(OCc2ccccc2)cc(OCc2ccccc2)c1. The van der Waals surface area contributed by atoms with Crippen LogP contribution in [0, 0.1) is 0 Å². The van der Waals surface area contributed by atoms with E-state index in [-0.39, 0.29) is 0 Å². The van der Waals surface area contributed by atoms with Crippen molar-refractivity contribution in [3.8, 4) is 22.8 Å². The van der Waals surface area contributed by atoms with Gasteiger partial charge in [-0.25, -0.2) is 4.98 Å². The molecule has 0 atom stereocenters. The van der Waals surface area contributed by atoms with Crippen LogP contribution in [-0.4, -0.2) is 11.2 Å². The maximum atomic E-state index is 6.07. The van der Waals surface area contributed by atoms with Crippen LogP contribution in [0.15, 0.2) is 120 Å². The van der Waals surface area contributed by atoms with Crippen LogP contribution in [0.1, 0.15) is 16.7 Å². The average molecular weight is 492 g/mol. The van der Waals surface area contributed by atoms with Crippen molar-refractivity contribution in [1.29, 1.82) is 0 Å². The fourth-order valence-corrected chi connectivity index (χ4v) is 4.21. The van der Waals surface area contributed by atoms with E-state index in [4.69, 9.17) is 9.47 Å². The summed E-state index contributed by atoms with van der Waals surface area (Å²) in [5.74, 6) is 1.43. The molecule has 0 saturated heterocycles. The van der Waals surface area contributed by atoms with Crippen LogP contribution >= 0.6 is 11.3 Å². The first-order valence-electron chi connectivity index (χ1n) is 11.6. The van der Waals surface area contributed by atoms with Gasteiger partial charge in [0.2, 0.25) is 5.13 Å². The first kappa shape index (κ1) is 23.3. The fourth-order valence-electron chi connectivity index (χ4n) is 3.55. The number of hydrogen-bond acceptors (Lipinski definition) is 6. The zero-order valence-corrected chi connectivity index (χ0v) is 20.4. The Labute approximate surface area is 214 Å². The lowest BCUT2D eigenvalue weighted by Crippen LogP contribution is -1.99. The van der Waals surface area contributed by atoms with Gasteiger partial charge in [-0.1, -0.05) is 91.0 Å². The topological polar surface area (TPSA) is 55.7 Å². The second kappa shape index (κ2) is 11.8. The van der Waals surface area contributed by atoms with E-state index in [0.29, 0.717) is 24.7 Å². The van der Waals surface area contributed by atoms with Crippen molar-refractivity contribution in [2.45, 2.75) is 13.2 Å². The maximum absolute atomic E-state index is 6.07. The Bertz CT molecular complexity index is 1340. The molecule has 6 heteroatoms. The molecule has 0 radical (unpaired) electrons. The minimum absolute atomic E-state index is 0.471. The maximum Gasteiger partial charge on any atom is 0.203 e. The van der Waals surface area contributed by atoms with Crippen LogP contribution in [0.25, 0.3) is 11.3 Å². The van der Waals surface area contributed by atoms with E-state index in [0.717, 1.165) is 33.1 Å². The largest absolute Gasteiger partial charge is 0.489 e. The van der Waals surface area contributed by atoms with Gasteiger partial charge in [-0.15, -0.1) is 11.3 Å². The number of thiazole rings is 1. The first-order chi connectivity index (χ1) is 17.8. The number of hydrogen-bond donors (Lipinski definition) is 1. The molecule has 36 heavy (non-hydrogen) atoms. The molecule has 0 saturated carbocycles. The van der Waals surface area contributed by atoms with E-state index in [9.17, 15) is 0 Å². The molecule has 5 nitrogen and oxygen atoms in total. The first-order valence-corrected chi connectivity index (χ1v) is 12.5. The summed E-state index contributed by atoms with van der Waals surface area (Å²) in [4.78, 5) is 4.62. The molecule has 5 aromatic rings. The summed E-state index contributed by atoms with van der Waals surface area (Å²) in [7, 11) is 0. The Morgan fingerprint density at radius 3 is 1.86 bits per heavy atom. The minimum Gasteiger partial charge on any atom is -0.489 e. The third kappa shape index (κ3) is 6.58. The van der Waals surface area contributed by atoms with Crippen LogP contribution in [0.2, 0.25) is 0 Å². The highest BCUT2D eigenvalue weighted by molar-refractivity contribution is 7.14. The van der Waals surface area contributed by atoms with Crippen molar-refractivity contribution in [3.63, 3.8) is 0 Å². The zero-order valence-electron chi connectivity index (χ0n) is 19.6. The number of hydrazone groups is 1. The molecule has 0 amide bonds. The van der Waals surface area contributed by atoms with Gasteiger partial charge in [0.05, 0.1) is 11.9 Å². The van der Waals surface area contributed by atoms with Crippen molar-refractivity contribution in [3.05, 3.63) is 131 Å². The Balaban J connectivity index is 1.29. The van der Waals surface area contributed by atoms with Gasteiger partial charge in [0.25, 0.3) is 0 Å². The van der Waals surface area contributed by atoms with Gasteiger partial charge in [-0.2, -0.15) is 5.10 Å². The molecule has 5 rings (SSSR count). The van der Waals surface area contributed by atoms with E-state index < -0.39 is 0 Å². The molecule has 1 aromatic heterocycles. The van der Waals surface area contributed by atoms with Crippen molar-refractivity contribution in [1.82, 2.24) is 4.98 Å². The lowest BCUT2D eigenvalue weighted by atomic mass is 10.2. The molecule has 178 valence electrons. The Morgan fingerprint density at radius 1 is 0.722 bits per heavy atom. The minimum atomic E-state index is 0.471. The second-order valence-electron chi connectivity index (χ2n) is 8.06. The van der Waals surface area contributed by atoms with Gasteiger partial charge < -0.3 is 9.47 Å². The summed E-state index contributed by atoms with van der Waals surface area (Å²) in [5.41, 5.74) is 8.09. The van der Waals surface area contributed by atoms with E-state index in [2.05, 4.69) is 15.5 Å². The van der Waals surface area contributed by atoms with Crippen molar-refractivity contribution in [2.75, 3.05) is 5.43 Å². The number of rotatable bonds is 10. The lowest BCUT2D eigenvalue weighted by molar-refractivity contribution is 0.290. The predicted octanol–water partition coefficient (Wildman–Crippen LogP) is 7.41. The molecule has 0 spiro atoms. The van der Waals surface area contributed by atoms with E-state index in [1.54, 1.807) is 6.21 Å². The lowest BCUT2D eigenvalue weighted by Gasteiger charge is -2.11. The molecule has 1 N–H and O–H groups in total. The van der Waals surface area contributed by atoms with Crippen molar-refractivity contribution in [2.24, 2.45) is 5.10 Å². The average Bonchev–Trinajstić information content (AvgIpc) is 3.41. The van der Waals surface area contributed by atoms with Crippen molar-refractivity contribution < 1.29 is 9.47 Å². The van der Waals surface area contributed by atoms with Crippen LogP contribution < -0.4 is 14.9 Å². The highest BCUT2D eigenvalue weighted by atomic mass is 32.1. The highest BCUT2D eigenvalue weighted by Crippen LogP contribution is 2.26. The van der Waals surface area contributed by atoms with Crippen molar-refractivity contribution >= 4 is 22.7 Å². The number of benzene rings is 4. The van der Waals surface area contributed by atoms with E-state index in [1.165, 1.54) is 11.3 Å². The highest BCUT2D eigenvalue weighted by Gasteiger charge is 2.06. The van der Waals surface area contributed by atoms with E-state index >= 15 is 0 Å². The monoisotopic (exact) mass is 491 g/mol. The molecule has 0 aliphatic heterocycles. The van der Waals surface area contributed by atoms with Crippen LogP contribution in [0.5, 0.6) is 11.5 Å². The van der Waals surface area contributed by atoms with Gasteiger partial charge in [0.15, 0.2) is 0 Å². The normalized spacial score (nSPS) is 10.9.